The molecule has 14 heavy (non-hydrogen) atoms. The van der Waals surface area contributed by atoms with Gasteiger partial charge >= 0.3 is 0 Å². The predicted octanol–water partition coefficient (Wildman–Crippen LogP) is 1.98. The molecule has 74 valence electrons. The highest BCUT2D eigenvalue weighted by Gasteiger charge is 2.27. The number of fused-ring (bicyclic) bond motifs is 1. The van der Waals surface area contributed by atoms with Gasteiger partial charge in [0.1, 0.15) is 0 Å². The molecule has 0 atom stereocenters. The zero-order valence-electron chi connectivity index (χ0n) is 7.90. The van der Waals surface area contributed by atoms with E-state index in [-0.39, 0.29) is 0 Å². The fraction of sp³-hybridized carbons (Fsp3) is 0.300. The van der Waals surface area contributed by atoms with E-state index in [0.29, 0.717) is 10.6 Å². The molecule has 2 rings (SSSR count). The fourth-order valence-corrected chi connectivity index (χ4v) is 2.88. The summed E-state index contributed by atoms with van der Waals surface area (Å²) in [5, 5.41) is 0. The van der Waals surface area contributed by atoms with Gasteiger partial charge in [-0.15, -0.1) is 0 Å². The standard InChI is InChI=1S/C10H11NO2S/c1-2-5-9-8-6-3-4-7-10(8)14(12,13)11-9/h3-4,6-7H,2,5H2,1H3. The molecule has 0 amide bonds. The Hall–Kier alpha value is -1.16. The fourth-order valence-electron chi connectivity index (χ4n) is 1.59. The maximum Gasteiger partial charge on any atom is 0.283 e. The van der Waals surface area contributed by atoms with Crippen LogP contribution in [-0.4, -0.2) is 14.1 Å². The molecule has 0 aromatic heterocycles. The van der Waals surface area contributed by atoms with Gasteiger partial charge in [0, 0.05) is 5.56 Å². The van der Waals surface area contributed by atoms with Crippen LogP contribution in [0.1, 0.15) is 25.3 Å². The molecule has 0 unspecified atom stereocenters. The summed E-state index contributed by atoms with van der Waals surface area (Å²) in [6.45, 7) is 2.01. The van der Waals surface area contributed by atoms with Crippen molar-refractivity contribution in [3.63, 3.8) is 0 Å². The van der Waals surface area contributed by atoms with Crippen molar-refractivity contribution in [1.29, 1.82) is 0 Å². The van der Waals surface area contributed by atoms with Crippen molar-refractivity contribution in [1.82, 2.24) is 0 Å². The van der Waals surface area contributed by atoms with Gasteiger partial charge in [0.15, 0.2) is 0 Å². The summed E-state index contributed by atoms with van der Waals surface area (Å²) < 4.78 is 26.9. The number of rotatable bonds is 2. The lowest BCUT2D eigenvalue weighted by Crippen LogP contribution is -1.96. The maximum atomic E-state index is 11.6. The van der Waals surface area contributed by atoms with E-state index < -0.39 is 10.0 Å². The van der Waals surface area contributed by atoms with Crippen molar-refractivity contribution in [2.24, 2.45) is 4.40 Å². The minimum atomic E-state index is -3.39. The van der Waals surface area contributed by atoms with Crippen molar-refractivity contribution in [3.8, 4) is 0 Å². The summed E-state index contributed by atoms with van der Waals surface area (Å²) in [6, 6.07) is 6.98. The Morgan fingerprint density at radius 3 is 2.71 bits per heavy atom. The van der Waals surface area contributed by atoms with Gasteiger partial charge in [-0.3, -0.25) is 0 Å². The molecule has 0 N–H and O–H groups in total. The molecule has 0 saturated heterocycles. The van der Waals surface area contributed by atoms with Crippen molar-refractivity contribution >= 4 is 15.7 Å². The second-order valence-corrected chi connectivity index (χ2v) is 4.83. The van der Waals surface area contributed by atoms with Crippen molar-refractivity contribution in [3.05, 3.63) is 29.8 Å². The lowest BCUT2D eigenvalue weighted by molar-refractivity contribution is 0.599. The second kappa shape index (κ2) is 3.20. The third-order valence-electron chi connectivity index (χ3n) is 2.19. The van der Waals surface area contributed by atoms with Crippen LogP contribution in [-0.2, 0) is 10.0 Å². The quantitative estimate of drug-likeness (QED) is 0.747. The van der Waals surface area contributed by atoms with Gasteiger partial charge < -0.3 is 0 Å². The summed E-state index contributed by atoms with van der Waals surface area (Å²) >= 11 is 0. The Balaban J connectivity index is 2.61. The van der Waals surface area contributed by atoms with Gasteiger partial charge in [-0.05, 0) is 12.5 Å². The first-order valence-corrected chi connectivity index (χ1v) is 6.02. The molecular formula is C10H11NO2S. The van der Waals surface area contributed by atoms with Crippen LogP contribution in [0.2, 0.25) is 0 Å². The molecule has 0 bridgehead atoms. The molecule has 3 nitrogen and oxygen atoms in total. The van der Waals surface area contributed by atoms with E-state index in [4.69, 9.17) is 0 Å². The smallest absolute Gasteiger partial charge is 0.199 e. The molecule has 1 aromatic rings. The first-order chi connectivity index (χ1) is 6.65. The Labute approximate surface area is 83.5 Å². The van der Waals surface area contributed by atoms with Crippen LogP contribution < -0.4 is 0 Å². The highest BCUT2D eigenvalue weighted by molar-refractivity contribution is 7.90. The first-order valence-electron chi connectivity index (χ1n) is 4.58. The summed E-state index contributed by atoms with van der Waals surface area (Å²) in [6.07, 6.45) is 1.62. The number of sulfonamides is 1. The van der Waals surface area contributed by atoms with Crippen LogP contribution in [0.5, 0.6) is 0 Å². The number of hydrogen-bond donors (Lipinski definition) is 0. The molecule has 0 radical (unpaired) electrons. The molecule has 0 fully saturated rings. The molecule has 0 spiro atoms. The summed E-state index contributed by atoms with van der Waals surface area (Å²) in [5.41, 5.74) is 1.47. The van der Waals surface area contributed by atoms with Gasteiger partial charge in [-0.2, -0.15) is 12.8 Å². The van der Waals surface area contributed by atoms with Gasteiger partial charge in [0.25, 0.3) is 10.0 Å². The minimum Gasteiger partial charge on any atom is -0.199 e. The second-order valence-electron chi connectivity index (χ2n) is 3.26. The highest BCUT2D eigenvalue weighted by atomic mass is 32.2. The van der Waals surface area contributed by atoms with Gasteiger partial charge in [-0.25, -0.2) is 0 Å². The first kappa shape index (κ1) is 9.40. The van der Waals surface area contributed by atoms with E-state index in [1.54, 1.807) is 12.1 Å². The molecule has 1 heterocycles. The lowest BCUT2D eigenvalue weighted by Gasteiger charge is -1.98. The third-order valence-corrected chi connectivity index (χ3v) is 3.57. The number of hydrogen-bond acceptors (Lipinski definition) is 2. The average molecular weight is 209 g/mol. The number of nitrogens with zero attached hydrogens (tertiary/aromatic N) is 1. The van der Waals surface area contributed by atoms with Crippen molar-refractivity contribution < 1.29 is 8.42 Å². The molecule has 1 aliphatic rings. The van der Waals surface area contributed by atoms with E-state index in [9.17, 15) is 8.42 Å². The molecule has 1 aromatic carbocycles. The normalized spacial score (nSPS) is 17.6. The van der Waals surface area contributed by atoms with Crippen LogP contribution in [0.3, 0.4) is 0 Å². The zero-order chi connectivity index (χ0) is 10.2. The van der Waals surface area contributed by atoms with Crippen molar-refractivity contribution in [2.75, 3.05) is 0 Å². The van der Waals surface area contributed by atoms with Crippen molar-refractivity contribution in [2.45, 2.75) is 24.7 Å². The Kier molecular flexibility index (Phi) is 2.15. The van der Waals surface area contributed by atoms with Gasteiger partial charge in [0.2, 0.25) is 0 Å². The third kappa shape index (κ3) is 1.35. The predicted molar refractivity (Wildman–Crippen MR) is 55.1 cm³/mol. The molecule has 0 saturated carbocycles. The monoisotopic (exact) mass is 209 g/mol. The zero-order valence-corrected chi connectivity index (χ0v) is 8.71. The minimum absolute atomic E-state index is 0.350. The topological polar surface area (TPSA) is 46.5 Å². The van der Waals surface area contributed by atoms with Crippen LogP contribution in [0.25, 0.3) is 0 Å². The average Bonchev–Trinajstić information content (AvgIpc) is 2.41. The largest absolute Gasteiger partial charge is 0.283 e. The summed E-state index contributed by atoms with van der Waals surface area (Å²) in [5.74, 6) is 0. The van der Waals surface area contributed by atoms with Gasteiger partial charge in [0.05, 0.1) is 10.6 Å². The molecule has 1 aliphatic heterocycles. The van der Waals surface area contributed by atoms with E-state index in [1.807, 2.05) is 19.1 Å². The Morgan fingerprint density at radius 2 is 2.00 bits per heavy atom. The van der Waals surface area contributed by atoms with E-state index >= 15 is 0 Å². The van der Waals surface area contributed by atoms with E-state index in [0.717, 1.165) is 18.4 Å². The van der Waals surface area contributed by atoms with Crippen LogP contribution in [0.4, 0.5) is 0 Å². The Bertz CT molecular complexity index is 489. The number of benzene rings is 1. The van der Waals surface area contributed by atoms with E-state index in [2.05, 4.69) is 4.40 Å². The van der Waals surface area contributed by atoms with E-state index in [1.165, 1.54) is 0 Å². The lowest BCUT2D eigenvalue weighted by atomic mass is 10.1. The van der Waals surface area contributed by atoms with Gasteiger partial charge in [-0.1, -0.05) is 31.5 Å². The highest BCUT2D eigenvalue weighted by Crippen LogP contribution is 2.27. The summed E-state index contributed by atoms with van der Waals surface area (Å²) in [4.78, 5) is 0.350. The maximum absolute atomic E-state index is 11.6. The molecule has 0 aliphatic carbocycles. The molecular weight excluding hydrogens is 198 g/mol. The van der Waals surface area contributed by atoms with Crippen LogP contribution in [0, 0.1) is 0 Å². The summed E-state index contributed by atoms with van der Waals surface area (Å²) in [7, 11) is -3.39. The van der Waals surface area contributed by atoms with Crippen LogP contribution in [0.15, 0.2) is 33.6 Å². The van der Waals surface area contributed by atoms with Crippen LogP contribution >= 0.6 is 0 Å². The SMILES string of the molecule is CCCC1=NS(=O)(=O)c2ccccc21. The Morgan fingerprint density at radius 1 is 1.29 bits per heavy atom. The molecule has 4 heteroatoms.